The van der Waals surface area contributed by atoms with Gasteiger partial charge < -0.3 is 10.2 Å². The summed E-state index contributed by atoms with van der Waals surface area (Å²) in [6.45, 7) is 1.70. The van der Waals surface area contributed by atoms with Gasteiger partial charge in [0.05, 0.1) is 22.7 Å². The molecule has 0 atom stereocenters. The first kappa shape index (κ1) is 23.1. The lowest BCUT2D eigenvalue weighted by molar-refractivity contribution is -0.138. The molecular weight excluding hydrogens is 450 g/mol. The van der Waals surface area contributed by atoms with Crippen molar-refractivity contribution >= 4 is 29.0 Å². The maximum atomic E-state index is 12.9. The van der Waals surface area contributed by atoms with Crippen molar-refractivity contribution in [2.24, 2.45) is 0 Å². The molecule has 0 spiro atoms. The number of hydrogen-bond acceptors (Lipinski definition) is 4. The first-order valence-corrected chi connectivity index (χ1v) is 9.48. The maximum Gasteiger partial charge on any atom is 0.417 e. The molecule has 1 aromatic carbocycles. The van der Waals surface area contributed by atoms with E-state index in [1.54, 1.807) is 9.80 Å². The molecule has 1 aromatic heterocycles. The van der Waals surface area contributed by atoms with E-state index >= 15 is 0 Å². The number of aromatic nitrogens is 1. The van der Waals surface area contributed by atoms with Gasteiger partial charge in [0.25, 0.3) is 0 Å². The zero-order chi connectivity index (χ0) is 22.8. The predicted molar refractivity (Wildman–Crippen MR) is 103 cm³/mol. The number of carbonyl (C=O) groups is 1. The molecule has 168 valence electrons. The SMILES string of the molecule is O=C(CN1CCN(c2ccc(C(F)(F)F)cn2)CC1)Nc1ccc(Cl)c(C(F)(F)F)c1. The van der Waals surface area contributed by atoms with Gasteiger partial charge in [0.2, 0.25) is 5.91 Å². The van der Waals surface area contributed by atoms with E-state index in [1.807, 2.05) is 0 Å². The number of carbonyl (C=O) groups excluding carboxylic acids is 1. The number of nitrogens with zero attached hydrogens (tertiary/aromatic N) is 3. The van der Waals surface area contributed by atoms with E-state index in [-0.39, 0.29) is 12.2 Å². The molecular formula is C19H17ClF6N4O. The van der Waals surface area contributed by atoms with Crippen LogP contribution >= 0.6 is 11.6 Å². The molecule has 0 bridgehead atoms. The second kappa shape index (κ2) is 8.91. The summed E-state index contributed by atoms with van der Waals surface area (Å²) in [6, 6.07) is 5.38. The Hall–Kier alpha value is -2.53. The lowest BCUT2D eigenvalue weighted by Gasteiger charge is -2.35. The molecule has 0 aliphatic carbocycles. The number of benzene rings is 1. The molecule has 2 heterocycles. The lowest BCUT2D eigenvalue weighted by atomic mass is 10.2. The van der Waals surface area contributed by atoms with Crippen LogP contribution in [0.2, 0.25) is 5.02 Å². The van der Waals surface area contributed by atoms with Crippen LogP contribution in [-0.2, 0) is 17.1 Å². The number of nitrogens with one attached hydrogen (secondary N) is 1. The number of hydrogen-bond donors (Lipinski definition) is 1. The van der Waals surface area contributed by atoms with Crippen molar-refractivity contribution in [3.63, 3.8) is 0 Å². The Balaban J connectivity index is 1.52. The zero-order valence-electron chi connectivity index (χ0n) is 15.9. The number of pyridine rings is 1. The van der Waals surface area contributed by atoms with Gasteiger partial charge in [-0.2, -0.15) is 26.3 Å². The molecule has 2 aromatic rings. The molecule has 1 saturated heterocycles. The standard InChI is InChI=1S/C19H17ClF6N4O/c20-15-3-2-13(9-14(15)19(24,25)26)28-17(31)11-29-5-7-30(8-6-29)16-4-1-12(10-27-16)18(21,22)23/h1-4,9-10H,5-8,11H2,(H,28,31). The fraction of sp³-hybridized carbons (Fsp3) is 0.368. The molecule has 12 heteroatoms. The fourth-order valence-corrected chi connectivity index (χ4v) is 3.32. The van der Waals surface area contributed by atoms with Crippen molar-refractivity contribution in [1.29, 1.82) is 0 Å². The first-order chi connectivity index (χ1) is 14.4. The highest BCUT2D eigenvalue weighted by molar-refractivity contribution is 6.31. The Bertz CT molecular complexity index is 924. The highest BCUT2D eigenvalue weighted by Gasteiger charge is 2.34. The number of halogens is 7. The third-order valence-corrected chi connectivity index (χ3v) is 5.02. The Labute approximate surface area is 178 Å². The normalized spacial score (nSPS) is 15.8. The molecule has 1 aliphatic rings. The van der Waals surface area contributed by atoms with Crippen molar-refractivity contribution in [3.05, 3.63) is 52.7 Å². The van der Waals surface area contributed by atoms with E-state index < -0.39 is 34.4 Å². The molecule has 31 heavy (non-hydrogen) atoms. The van der Waals surface area contributed by atoms with Crippen molar-refractivity contribution in [1.82, 2.24) is 9.88 Å². The number of rotatable bonds is 4. The summed E-state index contributed by atoms with van der Waals surface area (Å²) >= 11 is 5.56. The van der Waals surface area contributed by atoms with Crippen LogP contribution in [0, 0.1) is 0 Å². The van der Waals surface area contributed by atoms with Gasteiger partial charge in [-0.1, -0.05) is 11.6 Å². The summed E-state index contributed by atoms with van der Waals surface area (Å²) in [4.78, 5) is 19.6. The Kier molecular flexibility index (Phi) is 6.65. The molecule has 0 saturated carbocycles. The summed E-state index contributed by atoms with van der Waals surface area (Å²) in [5, 5.41) is 1.96. The second-order valence-electron chi connectivity index (χ2n) is 6.91. The average molecular weight is 467 g/mol. The summed E-state index contributed by atoms with van der Waals surface area (Å²) in [5.74, 6) is -0.0884. The number of amides is 1. The van der Waals surface area contributed by atoms with E-state index in [0.717, 1.165) is 24.4 Å². The highest BCUT2D eigenvalue weighted by atomic mass is 35.5. The average Bonchev–Trinajstić information content (AvgIpc) is 2.68. The van der Waals surface area contributed by atoms with Crippen LogP contribution in [0.5, 0.6) is 0 Å². The van der Waals surface area contributed by atoms with Crippen LogP contribution in [0.3, 0.4) is 0 Å². The van der Waals surface area contributed by atoms with Crippen molar-refractivity contribution in [2.45, 2.75) is 12.4 Å². The summed E-state index contributed by atoms with van der Waals surface area (Å²) in [7, 11) is 0. The molecule has 5 nitrogen and oxygen atoms in total. The minimum atomic E-state index is -4.64. The van der Waals surface area contributed by atoms with E-state index in [4.69, 9.17) is 11.6 Å². The third kappa shape index (κ3) is 6.01. The lowest BCUT2D eigenvalue weighted by Crippen LogP contribution is -2.48. The van der Waals surface area contributed by atoms with Crippen molar-refractivity contribution < 1.29 is 31.1 Å². The molecule has 1 fully saturated rings. The van der Waals surface area contributed by atoms with Gasteiger partial charge >= 0.3 is 12.4 Å². The number of piperazine rings is 1. The fourth-order valence-electron chi connectivity index (χ4n) is 3.10. The topological polar surface area (TPSA) is 48.5 Å². The maximum absolute atomic E-state index is 12.9. The Morgan fingerprint density at radius 2 is 1.68 bits per heavy atom. The number of anilines is 2. The summed E-state index contributed by atoms with van der Waals surface area (Å²) in [6.07, 6.45) is -8.32. The van der Waals surface area contributed by atoms with E-state index in [1.165, 1.54) is 12.1 Å². The third-order valence-electron chi connectivity index (χ3n) is 4.69. The van der Waals surface area contributed by atoms with Gasteiger partial charge in [0.15, 0.2) is 0 Å². The molecule has 0 radical (unpaired) electrons. The van der Waals surface area contributed by atoms with Crippen molar-refractivity contribution in [2.75, 3.05) is 42.9 Å². The van der Waals surface area contributed by atoms with Crippen LogP contribution < -0.4 is 10.2 Å². The monoisotopic (exact) mass is 466 g/mol. The Morgan fingerprint density at radius 3 is 2.23 bits per heavy atom. The number of alkyl halides is 6. The summed E-state index contributed by atoms with van der Waals surface area (Å²) < 4.78 is 76.7. The molecule has 0 unspecified atom stereocenters. The van der Waals surface area contributed by atoms with Gasteiger partial charge in [0.1, 0.15) is 5.82 Å². The van der Waals surface area contributed by atoms with Crippen LogP contribution in [0.25, 0.3) is 0 Å². The van der Waals surface area contributed by atoms with Crippen LogP contribution in [-0.4, -0.2) is 48.5 Å². The quantitative estimate of drug-likeness (QED) is 0.673. The van der Waals surface area contributed by atoms with Crippen LogP contribution in [0.1, 0.15) is 11.1 Å². The van der Waals surface area contributed by atoms with E-state index in [0.29, 0.717) is 32.0 Å². The van der Waals surface area contributed by atoms with Crippen LogP contribution in [0.4, 0.5) is 37.8 Å². The van der Waals surface area contributed by atoms with Gasteiger partial charge in [-0.15, -0.1) is 0 Å². The highest BCUT2D eigenvalue weighted by Crippen LogP contribution is 2.36. The first-order valence-electron chi connectivity index (χ1n) is 9.10. The Morgan fingerprint density at radius 1 is 1.00 bits per heavy atom. The molecule has 1 amide bonds. The van der Waals surface area contributed by atoms with Gasteiger partial charge in [-0.05, 0) is 30.3 Å². The smallest absolute Gasteiger partial charge is 0.354 e. The minimum absolute atomic E-state index is 0.0192. The van der Waals surface area contributed by atoms with E-state index in [2.05, 4.69) is 10.3 Å². The largest absolute Gasteiger partial charge is 0.417 e. The van der Waals surface area contributed by atoms with Crippen LogP contribution in [0.15, 0.2) is 36.5 Å². The zero-order valence-corrected chi connectivity index (χ0v) is 16.7. The molecule has 3 rings (SSSR count). The van der Waals surface area contributed by atoms with Gasteiger partial charge in [-0.25, -0.2) is 4.98 Å². The second-order valence-corrected chi connectivity index (χ2v) is 7.31. The van der Waals surface area contributed by atoms with Gasteiger partial charge in [-0.3, -0.25) is 9.69 Å². The predicted octanol–water partition coefficient (Wildman–Crippen LogP) is 4.53. The van der Waals surface area contributed by atoms with E-state index in [9.17, 15) is 31.1 Å². The molecule has 1 N–H and O–H groups in total. The summed E-state index contributed by atoms with van der Waals surface area (Å²) in [5.41, 5.74) is -1.89. The van der Waals surface area contributed by atoms with Crippen molar-refractivity contribution in [3.8, 4) is 0 Å². The van der Waals surface area contributed by atoms with Gasteiger partial charge in [0, 0.05) is 38.1 Å². The minimum Gasteiger partial charge on any atom is -0.354 e. The molecule has 1 aliphatic heterocycles.